The van der Waals surface area contributed by atoms with Gasteiger partial charge in [-0.2, -0.15) is 0 Å². The van der Waals surface area contributed by atoms with Gasteiger partial charge >= 0.3 is 0 Å². The first-order valence-electron chi connectivity index (χ1n) is 5.81. The standard InChI is InChI=1S/C12H24O2/c1-10(13-2)7-8-11-5-4-6-12(9-11)14-3/h10-12H,4-9H2,1-3H3. The lowest BCUT2D eigenvalue weighted by molar-refractivity contribution is 0.0423. The van der Waals surface area contributed by atoms with Crippen LogP contribution < -0.4 is 0 Å². The molecule has 14 heavy (non-hydrogen) atoms. The minimum atomic E-state index is 0.415. The lowest BCUT2D eigenvalue weighted by Crippen LogP contribution is -2.22. The third-order valence-electron chi connectivity index (χ3n) is 3.45. The number of ether oxygens (including phenoxy) is 2. The summed E-state index contributed by atoms with van der Waals surface area (Å²) in [7, 11) is 3.63. The van der Waals surface area contributed by atoms with E-state index in [2.05, 4.69) is 6.92 Å². The van der Waals surface area contributed by atoms with Gasteiger partial charge in [-0.1, -0.05) is 12.8 Å². The fraction of sp³-hybridized carbons (Fsp3) is 1.00. The van der Waals surface area contributed by atoms with E-state index in [-0.39, 0.29) is 0 Å². The number of hydrogen-bond donors (Lipinski definition) is 0. The molecule has 0 amide bonds. The molecule has 0 aromatic rings. The highest BCUT2D eigenvalue weighted by atomic mass is 16.5. The van der Waals surface area contributed by atoms with E-state index in [1.54, 1.807) is 7.11 Å². The SMILES string of the molecule is COC(C)CCC1CCCC(OC)C1. The van der Waals surface area contributed by atoms with Crippen LogP contribution in [0.1, 0.15) is 45.4 Å². The molecule has 0 aliphatic heterocycles. The number of rotatable bonds is 5. The monoisotopic (exact) mass is 200 g/mol. The molecule has 0 N–H and O–H groups in total. The van der Waals surface area contributed by atoms with Gasteiger partial charge in [0.15, 0.2) is 0 Å². The van der Waals surface area contributed by atoms with Crippen LogP contribution in [0.2, 0.25) is 0 Å². The molecule has 2 nitrogen and oxygen atoms in total. The second-order valence-electron chi connectivity index (χ2n) is 4.51. The van der Waals surface area contributed by atoms with Crippen molar-refractivity contribution in [2.75, 3.05) is 14.2 Å². The molecule has 1 rings (SSSR count). The largest absolute Gasteiger partial charge is 0.382 e. The van der Waals surface area contributed by atoms with Crippen molar-refractivity contribution in [3.8, 4) is 0 Å². The Hall–Kier alpha value is -0.0800. The molecule has 1 saturated carbocycles. The maximum absolute atomic E-state index is 5.42. The average Bonchev–Trinajstić information content (AvgIpc) is 2.26. The topological polar surface area (TPSA) is 18.5 Å². The predicted octanol–water partition coefficient (Wildman–Crippen LogP) is 3.01. The molecular weight excluding hydrogens is 176 g/mol. The van der Waals surface area contributed by atoms with E-state index in [4.69, 9.17) is 9.47 Å². The molecule has 3 unspecified atom stereocenters. The Kier molecular flexibility index (Phi) is 5.49. The van der Waals surface area contributed by atoms with Crippen molar-refractivity contribution >= 4 is 0 Å². The predicted molar refractivity (Wildman–Crippen MR) is 58.5 cm³/mol. The molecule has 0 spiro atoms. The zero-order valence-corrected chi connectivity index (χ0v) is 9.79. The van der Waals surface area contributed by atoms with E-state index in [0.717, 1.165) is 5.92 Å². The van der Waals surface area contributed by atoms with Gasteiger partial charge in [0, 0.05) is 14.2 Å². The van der Waals surface area contributed by atoms with Gasteiger partial charge in [-0.25, -0.2) is 0 Å². The maximum Gasteiger partial charge on any atom is 0.0574 e. The summed E-state index contributed by atoms with van der Waals surface area (Å²) in [4.78, 5) is 0. The highest BCUT2D eigenvalue weighted by Crippen LogP contribution is 2.29. The quantitative estimate of drug-likeness (QED) is 0.679. The molecule has 0 aromatic carbocycles. The highest BCUT2D eigenvalue weighted by Gasteiger charge is 2.21. The summed E-state index contributed by atoms with van der Waals surface area (Å²) in [6.07, 6.45) is 8.66. The molecule has 0 bridgehead atoms. The molecule has 1 aliphatic rings. The van der Waals surface area contributed by atoms with Crippen LogP contribution in [-0.4, -0.2) is 26.4 Å². The first-order valence-corrected chi connectivity index (χ1v) is 5.81. The van der Waals surface area contributed by atoms with Gasteiger partial charge in [-0.05, 0) is 38.5 Å². The van der Waals surface area contributed by atoms with E-state index >= 15 is 0 Å². The van der Waals surface area contributed by atoms with Crippen LogP contribution in [0.15, 0.2) is 0 Å². The first-order chi connectivity index (χ1) is 6.76. The van der Waals surface area contributed by atoms with E-state index in [9.17, 15) is 0 Å². The van der Waals surface area contributed by atoms with Gasteiger partial charge in [0.05, 0.1) is 12.2 Å². The van der Waals surface area contributed by atoms with Crippen molar-refractivity contribution in [1.82, 2.24) is 0 Å². The van der Waals surface area contributed by atoms with Gasteiger partial charge in [0.25, 0.3) is 0 Å². The zero-order chi connectivity index (χ0) is 10.4. The number of methoxy groups -OCH3 is 2. The van der Waals surface area contributed by atoms with E-state index in [1.165, 1.54) is 38.5 Å². The van der Waals surface area contributed by atoms with Crippen molar-refractivity contribution in [2.24, 2.45) is 5.92 Å². The minimum Gasteiger partial charge on any atom is -0.382 e. The summed E-state index contributed by atoms with van der Waals surface area (Å²) < 4.78 is 10.7. The van der Waals surface area contributed by atoms with Gasteiger partial charge in [-0.3, -0.25) is 0 Å². The molecule has 1 fully saturated rings. The van der Waals surface area contributed by atoms with Crippen LogP contribution in [0.3, 0.4) is 0 Å². The fourth-order valence-electron chi connectivity index (χ4n) is 2.31. The first kappa shape index (κ1) is 12.0. The molecule has 0 aromatic heterocycles. The van der Waals surface area contributed by atoms with Crippen LogP contribution in [0.5, 0.6) is 0 Å². The molecular formula is C12H24O2. The van der Waals surface area contributed by atoms with Gasteiger partial charge < -0.3 is 9.47 Å². The Morgan fingerprint density at radius 1 is 1.29 bits per heavy atom. The van der Waals surface area contributed by atoms with Crippen LogP contribution in [0.4, 0.5) is 0 Å². The lowest BCUT2D eigenvalue weighted by Gasteiger charge is -2.28. The van der Waals surface area contributed by atoms with Crippen LogP contribution in [0.25, 0.3) is 0 Å². The van der Waals surface area contributed by atoms with E-state index < -0.39 is 0 Å². The van der Waals surface area contributed by atoms with E-state index in [0.29, 0.717) is 12.2 Å². The molecule has 2 heteroatoms. The summed E-state index contributed by atoms with van der Waals surface area (Å²) in [6, 6.07) is 0. The van der Waals surface area contributed by atoms with Crippen LogP contribution in [0, 0.1) is 5.92 Å². The van der Waals surface area contributed by atoms with Gasteiger partial charge in [0.1, 0.15) is 0 Å². The Morgan fingerprint density at radius 2 is 2.07 bits per heavy atom. The summed E-state index contributed by atoms with van der Waals surface area (Å²) in [5.74, 6) is 0.867. The fourth-order valence-corrected chi connectivity index (χ4v) is 2.31. The molecule has 3 atom stereocenters. The van der Waals surface area contributed by atoms with Crippen molar-refractivity contribution in [2.45, 2.75) is 57.7 Å². The molecule has 0 heterocycles. The molecule has 0 radical (unpaired) electrons. The van der Waals surface area contributed by atoms with Gasteiger partial charge in [0.2, 0.25) is 0 Å². The average molecular weight is 200 g/mol. The summed E-state index contributed by atoms with van der Waals surface area (Å²) in [5.41, 5.74) is 0. The van der Waals surface area contributed by atoms with Gasteiger partial charge in [-0.15, -0.1) is 0 Å². The van der Waals surface area contributed by atoms with Crippen molar-refractivity contribution in [3.63, 3.8) is 0 Å². The summed E-state index contributed by atoms with van der Waals surface area (Å²) >= 11 is 0. The maximum atomic E-state index is 5.42. The molecule has 84 valence electrons. The van der Waals surface area contributed by atoms with Crippen molar-refractivity contribution in [3.05, 3.63) is 0 Å². The zero-order valence-electron chi connectivity index (χ0n) is 9.79. The highest BCUT2D eigenvalue weighted by molar-refractivity contribution is 4.73. The normalized spacial score (nSPS) is 30.2. The Morgan fingerprint density at radius 3 is 2.71 bits per heavy atom. The van der Waals surface area contributed by atoms with E-state index in [1.807, 2.05) is 7.11 Å². The Labute approximate surface area is 88.0 Å². The smallest absolute Gasteiger partial charge is 0.0574 e. The minimum absolute atomic E-state index is 0.415. The van der Waals surface area contributed by atoms with Crippen molar-refractivity contribution in [1.29, 1.82) is 0 Å². The summed E-state index contributed by atoms with van der Waals surface area (Å²) in [6.45, 7) is 2.15. The third kappa shape index (κ3) is 3.97. The summed E-state index contributed by atoms with van der Waals surface area (Å²) in [5, 5.41) is 0. The second kappa shape index (κ2) is 6.41. The van der Waals surface area contributed by atoms with Crippen LogP contribution >= 0.6 is 0 Å². The molecule has 1 aliphatic carbocycles. The second-order valence-corrected chi connectivity index (χ2v) is 4.51. The third-order valence-corrected chi connectivity index (χ3v) is 3.45. The Balaban J connectivity index is 2.17. The number of hydrogen-bond acceptors (Lipinski definition) is 2. The molecule has 0 saturated heterocycles. The Bertz CT molecular complexity index is 147. The van der Waals surface area contributed by atoms with Crippen molar-refractivity contribution < 1.29 is 9.47 Å². The lowest BCUT2D eigenvalue weighted by atomic mass is 9.84. The van der Waals surface area contributed by atoms with Crippen LogP contribution in [-0.2, 0) is 9.47 Å².